The Morgan fingerprint density at radius 2 is 1.68 bits per heavy atom. The van der Waals surface area contributed by atoms with Gasteiger partial charge in [-0.05, 0) is 42.7 Å². The molecule has 0 aromatic heterocycles. The molecule has 0 amide bonds. The van der Waals surface area contributed by atoms with Crippen LogP contribution in [0.5, 0.6) is 11.5 Å². The molecule has 2 heterocycles. The van der Waals surface area contributed by atoms with Gasteiger partial charge in [0, 0.05) is 20.1 Å². The molecule has 2 aliphatic heterocycles. The Balaban J connectivity index is 1.60. The molecule has 2 fully saturated rings. The van der Waals surface area contributed by atoms with Crippen LogP contribution in [0.3, 0.4) is 0 Å². The highest BCUT2D eigenvalue weighted by molar-refractivity contribution is 7.89. The normalized spacial score (nSPS) is 24.3. The second-order valence-electron chi connectivity index (χ2n) is 7.32. The van der Waals surface area contributed by atoms with E-state index in [1.807, 2.05) is 54.6 Å². The molecule has 2 atom stereocenters. The third kappa shape index (κ3) is 3.93. The van der Waals surface area contributed by atoms with Crippen LogP contribution in [0.1, 0.15) is 30.9 Å². The summed E-state index contributed by atoms with van der Waals surface area (Å²) in [6, 6.07) is 16.8. The van der Waals surface area contributed by atoms with Crippen molar-refractivity contribution in [1.29, 1.82) is 0 Å². The minimum atomic E-state index is -3.44. The lowest BCUT2D eigenvalue weighted by atomic mass is 10.0. The van der Waals surface area contributed by atoms with Crippen molar-refractivity contribution in [2.45, 2.75) is 30.6 Å². The van der Waals surface area contributed by atoms with Crippen LogP contribution >= 0.6 is 0 Å². The number of hydrogen-bond acceptors (Lipinski definition) is 5. The van der Waals surface area contributed by atoms with E-state index in [-0.39, 0.29) is 12.6 Å². The van der Waals surface area contributed by atoms with Crippen LogP contribution in [0.2, 0.25) is 0 Å². The van der Waals surface area contributed by atoms with Gasteiger partial charge in [-0.1, -0.05) is 36.8 Å². The summed E-state index contributed by atoms with van der Waals surface area (Å²) in [5.41, 5.74) is 0.874. The van der Waals surface area contributed by atoms with E-state index >= 15 is 0 Å². The Hall–Kier alpha value is -1.93. The lowest BCUT2D eigenvalue weighted by molar-refractivity contribution is -0.110. The maximum Gasteiger partial charge on any atom is 0.221 e. The average Bonchev–Trinajstić information content (AvgIpc) is 3.12. The van der Waals surface area contributed by atoms with Crippen molar-refractivity contribution in [1.82, 2.24) is 9.37 Å². The van der Waals surface area contributed by atoms with E-state index in [4.69, 9.17) is 9.57 Å². The molecule has 0 saturated carbocycles. The predicted octanol–water partition coefficient (Wildman–Crippen LogP) is 3.58. The number of piperidine rings is 1. The number of nitrogens with zero attached hydrogens (tertiary/aromatic N) is 2. The fraction of sp³-hybridized carbons (Fsp3) is 0.429. The first kappa shape index (κ1) is 19.4. The molecule has 2 aliphatic rings. The molecule has 7 heteroatoms. The van der Waals surface area contributed by atoms with Gasteiger partial charge in [-0.15, -0.1) is 0 Å². The molecule has 4 rings (SSSR count). The van der Waals surface area contributed by atoms with Gasteiger partial charge in [0.05, 0.1) is 12.6 Å². The predicted molar refractivity (Wildman–Crippen MR) is 108 cm³/mol. The quantitative estimate of drug-likeness (QED) is 0.765. The van der Waals surface area contributed by atoms with Gasteiger partial charge in [-0.25, -0.2) is 12.7 Å². The third-order valence-electron chi connectivity index (χ3n) is 5.42. The van der Waals surface area contributed by atoms with Crippen molar-refractivity contribution in [3.63, 3.8) is 0 Å². The summed E-state index contributed by atoms with van der Waals surface area (Å²) in [6.07, 6.45) is 2.94. The number of hydroxylamine groups is 2. The minimum Gasteiger partial charge on any atom is -0.457 e. The van der Waals surface area contributed by atoms with Crippen LogP contribution in [-0.2, 0) is 14.9 Å². The van der Waals surface area contributed by atoms with E-state index in [1.165, 1.54) is 0 Å². The van der Waals surface area contributed by atoms with Crippen molar-refractivity contribution in [2.24, 2.45) is 0 Å². The highest BCUT2D eigenvalue weighted by Crippen LogP contribution is 2.37. The largest absolute Gasteiger partial charge is 0.457 e. The number of hydrogen-bond donors (Lipinski definition) is 0. The highest BCUT2D eigenvalue weighted by atomic mass is 32.2. The van der Waals surface area contributed by atoms with Crippen LogP contribution in [0.25, 0.3) is 0 Å². The Morgan fingerprint density at radius 3 is 2.43 bits per heavy atom. The second-order valence-corrected chi connectivity index (χ2v) is 9.47. The van der Waals surface area contributed by atoms with Crippen LogP contribution in [0.15, 0.2) is 54.6 Å². The topological polar surface area (TPSA) is 59.1 Å². The van der Waals surface area contributed by atoms with Crippen molar-refractivity contribution >= 4 is 10.0 Å². The fourth-order valence-corrected chi connectivity index (χ4v) is 6.00. The first-order chi connectivity index (χ1) is 13.6. The molecule has 0 radical (unpaired) electrons. The van der Waals surface area contributed by atoms with Gasteiger partial charge in [0.25, 0.3) is 0 Å². The van der Waals surface area contributed by atoms with Crippen LogP contribution < -0.4 is 4.74 Å². The number of benzene rings is 2. The summed E-state index contributed by atoms with van der Waals surface area (Å²) >= 11 is 0. The van der Waals surface area contributed by atoms with Crippen molar-refractivity contribution < 1.29 is 18.0 Å². The second kappa shape index (κ2) is 8.21. The Morgan fingerprint density at radius 1 is 0.964 bits per heavy atom. The average molecular weight is 403 g/mol. The molecule has 2 aromatic carbocycles. The first-order valence-corrected chi connectivity index (χ1v) is 11.2. The molecule has 0 bridgehead atoms. The molecule has 0 N–H and O–H groups in total. The van der Waals surface area contributed by atoms with E-state index in [0.717, 1.165) is 30.6 Å². The monoisotopic (exact) mass is 402 g/mol. The lowest BCUT2D eigenvalue weighted by Gasteiger charge is -2.31. The summed E-state index contributed by atoms with van der Waals surface area (Å²) in [5, 5.41) is 1.04. The number of ether oxygens (including phenoxy) is 1. The SMILES string of the molecule is CN1OCC(S(=O)(=O)N2CCCCC2)C1c1cccc(Oc2ccccc2)c1. The first-order valence-electron chi connectivity index (χ1n) is 9.73. The van der Waals surface area contributed by atoms with Crippen molar-refractivity contribution in [2.75, 3.05) is 26.7 Å². The van der Waals surface area contributed by atoms with Gasteiger partial charge >= 0.3 is 0 Å². The lowest BCUT2D eigenvalue weighted by Crippen LogP contribution is -2.44. The van der Waals surface area contributed by atoms with Crippen molar-refractivity contribution in [3.8, 4) is 11.5 Å². The van der Waals surface area contributed by atoms with Crippen molar-refractivity contribution in [3.05, 3.63) is 60.2 Å². The molecule has 150 valence electrons. The van der Waals surface area contributed by atoms with Crippen LogP contribution in [0, 0.1) is 0 Å². The van der Waals surface area contributed by atoms with E-state index < -0.39 is 15.3 Å². The Labute approximate surface area is 166 Å². The molecule has 28 heavy (non-hydrogen) atoms. The van der Waals surface area contributed by atoms with Crippen LogP contribution in [-0.4, -0.2) is 49.8 Å². The highest BCUT2D eigenvalue weighted by Gasteiger charge is 2.45. The minimum absolute atomic E-state index is 0.170. The van der Waals surface area contributed by atoms with Gasteiger partial charge in [-0.2, -0.15) is 5.06 Å². The third-order valence-corrected chi connectivity index (χ3v) is 7.67. The zero-order chi connectivity index (χ0) is 19.6. The van der Waals surface area contributed by atoms with E-state index in [1.54, 1.807) is 16.4 Å². The molecule has 0 spiro atoms. The summed E-state index contributed by atoms with van der Waals surface area (Å²) in [7, 11) is -1.65. The maximum absolute atomic E-state index is 13.3. The zero-order valence-electron chi connectivity index (χ0n) is 16.0. The van der Waals surface area contributed by atoms with Gasteiger partial charge in [0.15, 0.2) is 0 Å². The molecule has 6 nitrogen and oxygen atoms in total. The van der Waals surface area contributed by atoms with Gasteiger partial charge in [0.2, 0.25) is 10.0 Å². The molecule has 2 aromatic rings. The van der Waals surface area contributed by atoms with Gasteiger partial charge in [0.1, 0.15) is 16.7 Å². The molecule has 2 unspecified atom stereocenters. The summed E-state index contributed by atoms with van der Waals surface area (Å²) in [6.45, 7) is 1.38. The molecule has 0 aliphatic carbocycles. The van der Waals surface area contributed by atoms with Crippen LogP contribution in [0.4, 0.5) is 0 Å². The van der Waals surface area contributed by atoms with Gasteiger partial charge < -0.3 is 4.74 Å². The summed E-state index contributed by atoms with van der Waals surface area (Å²) in [4.78, 5) is 5.65. The molecular formula is C21H26N2O4S. The smallest absolute Gasteiger partial charge is 0.221 e. The van der Waals surface area contributed by atoms with Gasteiger partial charge in [-0.3, -0.25) is 4.84 Å². The van der Waals surface area contributed by atoms with E-state index in [0.29, 0.717) is 18.8 Å². The number of para-hydroxylation sites is 1. The van der Waals surface area contributed by atoms with E-state index in [9.17, 15) is 8.42 Å². The summed E-state index contributed by atoms with van der Waals surface area (Å²) < 4.78 is 34.1. The Bertz CT molecular complexity index is 898. The summed E-state index contributed by atoms with van der Waals surface area (Å²) in [5.74, 6) is 1.42. The van der Waals surface area contributed by atoms with E-state index in [2.05, 4.69) is 0 Å². The molecule has 2 saturated heterocycles. The number of rotatable bonds is 5. The standard InChI is InChI=1S/C21H26N2O4S/c1-22-21(20(16-26-22)28(24,25)23-13-6-3-7-14-23)17-9-8-12-19(15-17)27-18-10-4-2-5-11-18/h2,4-5,8-12,15,20-21H,3,6-7,13-14,16H2,1H3. The zero-order valence-corrected chi connectivity index (χ0v) is 16.8. The Kier molecular flexibility index (Phi) is 5.68. The fourth-order valence-electron chi connectivity index (χ4n) is 3.97. The molecular weight excluding hydrogens is 376 g/mol. The maximum atomic E-state index is 13.3. The number of sulfonamides is 1.